The zero-order valence-electron chi connectivity index (χ0n) is 10.9. The van der Waals surface area contributed by atoms with E-state index in [0.29, 0.717) is 25.8 Å². The van der Waals surface area contributed by atoms with E-state index >= 15 is 0 Å². The molecule has 0 spiro atoms. The predicted octanol–water partition coefficient (Wildman–Crippen LogP) is 0.416. The third kappa shape index (κ3) is 3.45. The van der Waals surface area contributed by atoms with Crippen LogP contribution in [0.2, 0.25) is 0 Å². The molecule has 2 aliphatic carbocycles. The average molecular weight is 268 g/mol. The highest BCUT2D eigenvalue weighted by molar-refractivity contribution is 5.87. The first kappa shape index (κ1) is 13.8. The van der Waals surface area contributed by atoms with Crippen molar-refractivity contribution in [2.45, 2.75) is 50.5 Å². The van der Waals surface area contributed by atoms with Gasteiger partial charge in [-0.3, -0.25) is 9.59 Å². The molecule has 2 aliphatic rings. The number of carbonyl (C=O) groups excluding carboxylic acids is 2. The van der Waals surface area contributed by atoms with Gasteiger partial charge in [-0.05, 0) is 38.5 Å². The molecule has 2 rings (SSSR count). The van der Waals surface area contributed by atoms with E-state index in [4.69, 9.17) is 5.11 Å². The quantitative estimate of drug-likeness (QED) is 0.583. The number of amides is 2. The standard InChI is InChI=1S/C13H20N2O4/c16-10(15-13(12(18)19)6-2-7-13)3-1-8-14-11(17)9-4-5-9/h9H,1-8H2,(H,14,17)(H,15,16)(H,18,19). The summed E-state index contributed by atoms with van der Waals surface area (Å²) in [7, 11) is 0. The molecule has 0 aliphatic heterocycles. The Labute approximate surface area is 111 Å². The number of carbonyl (C=O) groups is 3. The highest BCUT2D eigenvalue weighted by Crippen LogP contribution is 2.32. The van der Waals surface area contributed by atoms with E-state index in [1.54, 1.807) is 0 Å². The molecule has 0 aromatic rings. The largest absolute Gasteiger partial charge is 0.480 e. The van der Waals surface area contributed by atoms with E-state index in [0.717, 1.165) is 19.3 Å². The number of aliphatic carboxylic acids is 1. The lowest BCUT2D eigenvalue weighted by molar-refractivity contribution is -0.151. The van der Waals surface area contributed by atoms with Crippen LogP contribution < -0.4 is 10.6 Å². The molecular formula is C13H20N2O4. The van der Waals surface area contributed by atoms with Crippen LogP contribution in [-0.4, -0.2) is 35.0 Å². The van der Waals surface area contributed by atoms with E-state index in [-0.39, 0.29) is 24.2 Å². The van der Waals surface area contributed by atoms with Crippen LogP contribution in [0.3, 0.4) is 0 Å². The van der Waals surface area contributed by atoms with Crippen molar-refractivity contribution in [2.24, 2.45) is 5.92 Å². The lowest BCUT2D eigenvalue weighted by Gasteiger charge is -2.38. The summed E-state index contributed by atoms with van der Waals surface area (Å²) in [5.74, 6) is -0.947. The minimum atomic E-state index is -1.03. The molecule has 0 unspecified atom stereocenters. The predicted molar refractivity (Wildman–Crippen MR) is 67.3 cm³/mol. The lowest BCUT2D eigenvalue weighted by Crippen LogP contribution is -2.59. The van der Waals surface area contributed by atoms with Gasteiger partial charge in [0, 0.05) is 18.9 Å². The zero-order valence-corrected chi connectivity index (χ0v) is 10.9. The molecule has 0 radical (unpaired) electrons. The third-order valence-corrected chi connectivity index (χ3v) is 3.82. The molecule has 0 saturated heterocycles. The van der Waals surface area contributed by atoms with Crippen molar-refractivity contribution < 1.29 is 19.5 Å². The number of rotatable bonds is 7. The van der Waals surface area contributed by atoms with Gasteiger partial charge in [-0.25, -0.2) is 4.79 Å². The molecule has 6 heteroatoms. The fraction of sp³-hybridized carbons (Fsp3) is 0.769. The molecule has 0 aromatic carbocycles. The number of nitrogens with one attached hydrogen (secondary N) is 2. The van der Waals surface area contributed by atoms with E-state index in [9.17, 15) is 14.4 Å². The Morgan fingerprint density at radius 2 is 1.89 bits per heavy atom. The molecule has 3 N–H and O–H groups in total. The first-order valence-corrected chi connectivity index (χ1v) is 6.86. The summed E-state index contributed by atoms with van der Waals surface area (Å²) in [4.78, 5) is 34.1. The van der Waals surface area contributed by atoms with Crippen LogP contribution in [0.15, 0.2) is 0 Å². The molecule has 2 saturated carbocycles. The van der Waals surface area contributed by atoms with E-state index in [2.05, 4.69) is 10.6 Å². The van der Waals surface area contributed by atoms with Gasteiger partial charge in [-0.15, -0.1) is 0 Å². The smallest absolute Gasteiger partial charge is 0.329 e. The second-order valence-corrected chi connectivity index (χ2v) is 5.46. The summed E-state index contributed by atoms with van der Waals surface area (Å²) < 4.78 is 0. The maximum absolute atomic E-state index is 11.7. The van der Waals surface area contributed by atoms with Crippen molar-refractivity contribution in [3.8, 4) is 0 Å². The normalized spacial score (nSPS) is 20.2. The van der Waals surface area contributed by atoms with Crippen molar-refractivity contribution >= 4 is 17.8 Å². The van der Waals surface area contributed by atoms with Gasteiger partial charge in [0.1, 0.15) is 5.54 Å². The molecule has 0 aromatic heterocycles. The summed E-state index contributed by atoms with van der Waals surface area (Å²) in [5.41, 5.74) is -1.03. The topological polar surface area (TPSA) is 95.5 Å². The lowest BCUT2D eigenvalue weighted by atomic mass is 9.76. The van der Waals surface area contributed by atoms with Crippen LogP contribution in [0.1, 0.15) is 44.9 Å². The Kier molecular flexibility index (Phi) is 4.07. The zero-order chi connectivity index (χ0) is 13.9. The summed E-state index contributed by atoms with van der Waals surface area (Å²) in [6.45, 7) is 0.475. The van der Waals surface area contributed by atoms with Gasteiger partial charge in [-0.2, -0.15) is 0 Å². The number of carboxylic acids is 1. The molecule has 6 nitrogen and oxygen atoms in total. The van der Waals surface area contributed by atoms with Crippen molar-refractivity contribution in [2.75, 3.05) is 6.54 Å². The Hall–Kier alpha value is -1.59. The average Bonchev–Trinajstić information content (AvgIpc) is 3.12. The first-order chi connectivity index (χ1) is 9.03. The summed E-state index contributed by atoms with van der Waals surface area (Å²) in [5, 5.41) is 14.5. The first-order valence-electron chi connectivity index (χ1n) is 6.86. The van der Waals surface area contributed by atoms with Crippen LogP contribution >= 0.6 is 0 Å². The van der Waals surface area contributed by atoms with Crippen LogP contribution in [0.4, 0.5) is 0 Å². The Morgan fingerprint density at radius 3 is 2.37 bits per heavy atom. The summed E-state index contributed by atoms with van der Waals surface area (Å²) in [6, 6.07) is 0. The molecular weight excluding hydrogens is 248 g/mol. The number of hydrogen-bond donors (Lipinski definition) is 3. The summed E-state index contributed by atoms with van der Waals surface area (Å²) in [6.07, 6.45) is 4.57. The Morgan fingerprint density at radius 1 is 1.21 bits per heavy atom. The number of carboxylic acid groups (broad SMARTS) is 1. The van der Waals surface area contributed by atoms with Crippen molar-refractivity contribution in [1.82, 2.24) is 10.6 Å². The van der Waals surface area contributed by atoms with Crippen molar-refractivity contribution in [1.29, 1.82) is 0 Å². The molecule has 106 valence electrons. The van der Waals surface area contributed by atoms with E-state index in [1.807, 2.05) is 0 Å². The maximum Gasteiger partial charge on any atom is 0.329 e. The van der Waals surface area contributed by atoms with Gasteiger partial charge in [0.15, 0.2) is 0 Å². The highest BCUT2D eigenvalue weighted by Gasteiger charge is 2.45. The van der Waals surface area contributed by atoms with Gasteiger partial charge in [0.25, 0.3) is 0 Å². The monoisotopic (exact) mass is 268 g/mol. The second kappa shape index (κ2) is 5.59. The minimum Gasteiger partial charge on any atom is -0.480 e. The Balaban J connectivity index is 1.61. The van der Waals surface area contributed by atoms with Gasteiger partial charge < -0.3 is 15.7 Å². The summed E-state index contributed by atoms with van der Waals surface area (Å²) >= 11 is 0. The molecule has 19 heavy (non-hydrogen) atoms. The van der Waals surface area contributed by atoms with Gasteiger partial charge in [-0.1, -0.05) is 0 Å². The fourth-order valence-electron chi connectivity index (χ4n) is 2.20. The molecule has 0 heterocycles. The van der Waals surface area contributed by atoms with Crippen molar-refractivity contribution in [3.63, 3.8) is 0 Å². The van der Waals surface area contributed by atoms with Gasteiger partial charge >= 0.3 is 5.97 Å². The SMILES string of the molecule is O=C(CCCNC(=O)C1CC1)NC1(C(=O)O)CCC1. The molecule has 0 atom stereocenters. The number of hydrogen-bond acceptors (Lipinski definition) is 3. The van der Waals surface area contributed by atoms with E-state index in [1.165, 1.54) is 0 Å². The minimum absolute atomic E-state index is 0.0707. The van der Waals surface area contributed by atoms with Crippen LogP contribution in [0.25, 0.3) is 0 Å². The second-order valence-electron chi connectivity index (χ2n) is 5.46. The highest BCUT2D eigenvalue weighted by atomic mass is 16.4. The molecule has 0 bridgehead atoms. The van der Waals surface area contributed by atoms with E-state index < -0.39 is 11.5 Å². The van der Waals surface area contributed by atoms with Crippen LogP contribution in [0.5, 0.6) is 0 Å². The van der Waals surface area contributed by atoms with Gasteiger partial charge in [0.05, 0.1) is 0 Å². The fourth-order valence-corrected chi connectivity index (χ4v) is 2.20. The molecule has 2 amide bonds. The van der Waals surface area contributed by atoms with Gasteiger partial charge in [0.2, 0.25) is 11.8 Å². The maximum atomic E-state index is 11.7. The van der Waals surface area contributed by atoms with Crippen LogP contribution in [0, 0.1) is 5.92 Å². The Bertz CT molecular complexity index is 386. The molecule has 2 fully saturated rings. The third-order valence-electron chi connectivity index (χ3n) is 3.82. The van der Waals surface area contributed by atoms with Crippen molar-refractivity contribution in [3.05, 3.63) is 0 Å². The van der Waals surface area contributed by atoms with Crippen LogP contribution in [-0.2, 0) is 14.4 Å².